The molecule has 1 aliphatic rings. The molecule has 3 aromatic rings. The molecule has 2 aromatic heterocycles. The lowest BCUT2D eigenvalue weighted by molar-refractivity contribution is 0.277. The van der Waals surface area contributed by atoms with Gasteiger partial charge in [-0.2, -0.15) is 0 Å². The first-order valence-electron chi connectivity index (χ1n) is 12.6. The number of alkyl halides is 1. The second-order valence-electron chi connectivity index (χ2n) is 8.41. The summed E-state index contributed by atoms with van der Waals surface area (Å²) < 4.78 is 50.0. The molecule has 1 N–H and O–H groups in total. The number of hydrogen-bond donors (Lipinski definition) is 1. The smallest absolute Gasteiger partial charge is 0.176 e. The minimum Gasteiger partial charge on any atom is -0.388 e. The molecule has 0 spiro atoms. The van der Waals surface area contributed by atoms with Crippen molar-refractivity contribution in [2.24, 2.45) is 0 Å². The van der Waals surface area contributed by atoms with E-state index in [0.29, 0.717) is 12.1 Å². The van der Waals surface area contributed by atoms with Crippen LogP contribution >= 0.6 is 11.6 Å². The van der Waals surface area contributed by atoms with Crippen molar-refractivity contribution >= 4 is 28.9 Å². The van der Waals surface area contributed by atoms with Gasteiger partial charge in [-0.05, 0) is 62.1 Å². The molecule has 1 saturated carbocycles. The van der Waals surface area contributed by atoms with Crippen molar-refractivity contribution in [2.45, 2.75) is 59.2 Å². The quantitative estimate of drug-likeness (QED) is 0.308. The standard InChI is InChI=1S/C25H25ClF3N3.C2H6O.C2H6/c1-3-4-8-18(25(29)30-2)19-13-17(27)14-20(28)22(19)23-24(26)32-10-9-16(12-21(32)31-23)11-15-6-5-7-15;1-3-2;1-2/h8-14,25,30H,3-7H2,1-2H3;1-2H3;1-2H3/b18-8-;;. The Morgan fingerprint density at radius 1 is 1.22 bits per heavy atom. The zero-order chi connectivity index (χ0) is 27.5. The number of methoxy groups -OCH3 is 1. The Morgan fingerprint density at radius 3 is 2.46 bits per heavy atom. The summed E-state index contributed by atoms with van der Waals surface area (Å²) in [6.07, 6.45) is 8.69. The number of unbranched alkanes of at least 4 members (excludes halogenated alkanes) is 1. The first kappa shape index (κ1) is 30.6. The Morgan fingerprint density at radius 2 is 1.89 bits per heavy atom. The van der Waals surface area contributed by atoms with Crippen LogP contribution < -0.4 is 5.32 Å². The predicted molar refractivity (Wildman–Crippen MR) is 149 cm³/mol. The van der Waals surface area contributed by atoms with Crippen molar-refractivity contribution < 1.29 is 17.9 Å². The summed E-state index contributed by atoms with van der Waals surface area (Å²) in [5.74, 6) is -1.63. The summed E-state index contributed by atoms with van der Waals surface area (Å²) in [5.41, 5.74) is 3.30. The van der Waals surface area contributed by atoms with E-state index < -0.39 is 17.9 Å². The van der Waals surface area contributed by atoms with Crippen LogP contribution in [0, 0.1) is 11.6 Å². The third-order valence-electron chi connectivity index (χ3n) is 5.74. The number of ether oxygens (including phenoxy) is 1. The predicted octanol–water partition coefficient (Wildman–Crippen LogP) is 8.49. The number of halogens is 4. The van der Waals surface area contributed by atoms with Crippen LogP contribution in [0.15, 0.2) is 42.1 Å². The number of aromatic nitrogens is 2. The number of rotatable bonds is 7. The average molecular weight is 536 g/mol. The van der Waals surface area contributed by atoms with Crippen molar-refractivity contribution in [1.29, 1.82) is 0 Å². The van der Waals surface area contributed by atoms with Gasteiger partial charge in [0.15, 0.2) is 6.30 Å². The normalized spacial score (nSPS) is 13.8. The molecule has 202 valence electrons. The molecule has 0 amide bonds. The molecule has 0 aliphatic heterocycles. The van der Waals surface area contributed by atoms with Crippen LogP contribution in [0.2, 0.25) is 5.15 Å². The maximum atomic E-state index is 15.1. The van der Waals surface area contributed by atoms with E-state index in [1.165, 1.54) is 19.0 Å². The van der Waals surface area contributed by atoms with Gasteiger partial charge in [0, 0.05) is 37.6 Å². The van der Waals surface area contributed by atoms with Crippen molar-refractivity contribution in [3.63, 3.8) is 0 Å². The van der Waals surface area contributed by atoms with Gasteiger partial charge in [-0.25, -0.2) is 18.2 Å². The fourth-order valence-electron chi connectivity index (χ4n) is 3.89. The summed E-state index contributed by atoms with van der Waals surface area (Å²) in [6.45, 7) is 5.95. The summed E-state index contributed by atoms with van der Waals surface area (Å²) in [4.78, 5) is 4.56. The molecular weight excluding hydrogens is 499 g/mol. The number of allylic oxidation sites excluding steroid dienone is 2. The zero-order valence-electron chi connectivity index (χ0n) is 22.5. The van der Waals surface area contributed by atoms with E-state index in [2.05, 4.69) is 21.1 Å². The molecule has 4 nitrogen and oxygen atoms in total. The van der Waals surface area contributed by atoms with Gasteiger partial charge in [-0.1, -0.05) is 56.5 Å². The Balaban J connectivity index is 0.000000898. The highest BCUT2D eigenvalue weighted by Crippen LogP contribution is 2.38. The van der Waals surface area contributed by atoms with Crippen LogP contribution in [-0.4, -0.2) is 36.9 Å². The highest BCUT2D eigenvalue weighted by molar-refractivity contribution is 6.32. The summed E-state index contributed by atoms with van der Waals surface area (Å²) >= 11 is 6.59. The van der Waals surface area contributed by atoms with E-state index in [1.807, 2.05) is 32.9 Å². The Hall–Kier alpha value is -2.61. The molecule has 0 saturated heterocycles. The highest BCUT2D eigenvalue weighted by atomic mass is 35.5. The van der Waals surface area contributed by atoms with Crippen LogP contribution in [0.4, 0.5) is 13.2 Å². The maximum Gasteiger partial charge on any atom is 0.176 e. The van der Waals surface area contributed by atoms with Crippen molar-refractivity contribution in [1.82, 2.24) is 14.7 Å². The molecule has 4 rings (SSSR count). The molecular formula is C29H37ClF3N3O. The van der Waals surface area contributed by atoms with E-state index in [1.54, 1.807) is 30.9 Å². The number of hydrogen-bond acceptors (Lipinski definition) is 3. The Kier molecular flexibility index (Phi) is 12.4. The van der Waals surface area contributed by atoms with Crippen LogP contribution in [0.25, 0.3) is 28.6 Å². The second-order valence-corrected chi connectivity index (χ2v) is 8.77. The number of nitrogens with zero attached hydrogens (tertiary/aromatic N) is 2. The Labute approximate surface area is 223 Å². The lowest BCUT2D eigenvalue weighted by Crippen LogP contribution is -2.22. The van der Waals surface area contributed by atoms with Crippen molar-refractivity contribution in [3.05, 3.63) is 70.0 Å². The monoisotopic (exact) mass is 535 g/mol. The van der Waals surface area contributed by atoms with E-state index in [-0.39, 0.29) is 27.5 Å². The molecule has 0 bridgehead atoms. The van der Waals surface area contributed by atoms with Gasteiger partial charge in [-0.3, -0.25) is 9.72 Å². The third-order valence-corrected chi connectivity index (χ3v) is 6.10. The molecule has 1 aromatic carbocycles. The first-order valence-corrected chi connectivity index (χ1v) is 13.0. The minimum atomic E-state index is -1.60. The van der Waals surface area contributed by atoms with Gasteiger partial charge in [-0.15, -0.1) is 0 Å². The van der Waals surface area contributed by atoms with Gasteiger partial charge in [0.2, 0.25) is 0 Å². The third kappa shape index (κ3) is 7.46. The van der Waals surface area contributed by atoms with Gasteiger partial charge in [0.05, 0.1) is 0 Å². The first-order chi connectivity index (χ1) is 17.8. The number of likely N-dealkylation sites (N-methyl/N-ethyl adjacent to an activating group) is 1. The summed E-state index contributed by atoms with van der Waals surface area (Å²) in [5, 5.41) is 2.71. The molecule has 0 radical (unpaired) electrons. The van der Waals surface area contributed by atoms with Crippen LogP contribution in [0.5, 0.6) is 0 Å². The largest absolute Gasteiger partial charge is 0.388 e. The van der Waals surface area contributed by atoms with Crippen molar-refractivity contribution in [3.8, 4) is 11.3 Å². The lowest BCUT2D eigenvalue weighted by atomic mass is 9.91. The number of benzene rings is 1. The van der Waals surface area contributed by atoms with E-state index in [0.717, 1.165) is 37.0 Å². The van der Waals surface area contributed by atoms with Gasteiger partial charge in [0.1, 0.15) is 28.1 Å². The van der Waals surface area contributed by atoms with E-state index in [9.17, 15) is 8.78 Å². The van der Waals surface area contributed by atoms with Crippen LogP contribution in [0.1, 0.15) is 64.0 Å². The minimum absolute atomic E-state index is 0.0146. The fourth-order valence-corrected chi connectivity index (χ4v) is 4.17. The number of fused-ring (bicyclic) bond motifs is 1. The van der Waals surface area contributed by atoms with Crippen molar-refractivity contribution in [2.75, 3.05) is 21.3 Å². The van der Waals surface area contributed by atoms with Crippen LogP contribution in [0.3, 0.4) is 0 Å². The SMILES string of the molecule is CC.CCC/C=C(/c1cc(F)cc(F)c1-c1nc2cc(C=C3CCC3)ccn2c1Cl)C(F)NC.COC. The molecule has 1 atom stereocenters. The fraction of sp³-hybridized carbons (Fsp3) is 0.414. The molecule has 2 heterocycles. The van der Waals surface area contributed by atoms with E-state index in [4.69, 9.17) is 11.6 Å². The number of pyridine rings is 1. The van der Waals surface area contributed by atoms with E-state index >= 15 is 4.39 Å². The maximum absolute atomic E-state index is 15.1. The van der Waals surface area contributed by atoms with Crippen LogP contribution in [-0.2, 0) is 4.74 Å². The average Bonchev–Trinajstić information content (AvgIpc) is 3.18. The van der Waals surface area contributed by atoms with Gasteiger partial charge in [0.25, 0.3) is 0 Å². The lowest BCUT2D eigenvalue weighted by Gasteiger charge is -2.17. The molecule has 1 fully saturated rings. The molecule has 8 heteroatoms. The summed E-state index contributed by atoms with van der Waals surface area (Å²) in [7, 11) is 4.70. The van der Waals surface area contributed by atoms with Gasteiger partial charge < -0.3 is 4.74 Å². The summed E-state index contributed by atoms with van der Waals surface area (Å²) in [6, 6.07) is 5.70. The second kappa shape index (κ2) is 15.0. The number of imidazole rings is 1. The highest BCUT2D eigenvalue weighted by Gasteiger charge is 2.25. The van der Waals surface area contributed by atoms with Gasteiger partial charge >= 0.3 is 0 Å². The molecule has 1 unspecified atom stereocenters. The molecule has 1 aliphatic carbocycles. The Bertz CT molecular complexity index is 1230. The zero-order valence-corrected chi connectivity index (χ0v) is 23.2. The molecule has 37 heavy (non-hydrogen) atoms. The topological polar surface area (TPSA) is 38.6 Å². The number of nitrogens with one attached hydrogen (secondary N) is 1.